The maximum atomic E-state index is 8.17. The zero-order chi connectivity index (χ0) is 21.6. The fourth-order valence-corrected chi connectivity index (χ4v) is 1.70. The molecule has 0 aliphatic rings. The number of hydrogen-bond donors (Lipinski definition) is 2. The molecule has 0 heterocycles. The summed E-state index contributed by atoms with van der Waals surface area (Å²) in [6, 6.07) is 17.0. The Morgan fingerprint density at radius 1 is 0.571 bits per heavy atom. The van der Waals surface area contributed by atoms with Gasteiger partial charge in [-0.05, 0) is 27.7 Å². The zero-order valence-electron chi connectivity index (χ0n) is 18.3. The van der Waals surface area contributed by atoms with Gasteiger partial charge in [-0.2, -0.15) is 0 Å². The molecule has 0 amide bonds. The van der Waals surface area contributed by atoms with Gasteiger partial charge < -0.3 is 24.4 Å². The summed E-state index contributed by atoms with van der Waals surface area (Å²) in [7, 11) is 2.62. The Kier molecular flexibility index (Phi) is 21.9. The number of benzene rings is 2. The van der Waals surface area contributed by atoms with Crippen LogP contribution in [0, 0.1) is 27.7 Å². The Morgan fingerprint density at radius 3 is 1.14 bits per heavy atom. The van der Waals surface area contributed by atoms with Crippen molar-refractivity contribution in [3.8, 4) is 0 Å². The minimum Gasteiger partial charge on any atom is -0.400 e. The molecule has 0 spiro atoms. The largest absolute Gasteiger partial charge is 0.400 e. The molecular formula is C23H38O5. The molecule has 160 valence electrons. The second-order valence-corrected chi connectivity index (χ2v) is 5.95. The van der Waals surface area contributed by atoms with Gasteiger partial charge in [0, 0.05) is 14.2 Å². The molecule has 0 saturated heterocycles. The van der Waals surface area contributed by atoms with Crippen molar-refractivity contribution in [2.24, 2.45) is 0 Å². The SMILES string of the molecule is CO.COCCOCCOCO.Cc1ccc(C)cc1.Cc1ccc(C)cc1. The summed E-state index contributed by atoms with van der Waals surface area (Å²) in [5, 5.41) is 15.2. The van der Waals surface area contributed by atoms with Crippen LogP contribution in [0.3, 0.4) is 0 Å². The second kappa shape index (κ2) is 21.5. The molecule has 0 unspecified atom stereocenters. The van der Waals surface area contributed by atoms with Crippen molar-refractivity contribution >= 4 is 0 Å². The van der Waals surface area contributed by atoms with Crippen LogP contribution in [0.2, 0.25) is 0 Å². The van der Waals surface area contributed by atoms with Gasteiger partial charge in [-0.1, -0.05) is 70.8 Å². The summed E-state index contributed by atoms with van der Waals surface area (Å²) in [6.45, 7) is 10.2. The summed E-state index contributed by atoms with van der Waals surface area (Å²) in [4.78, 5) is 0. The first-order valence-corrected chi connectivity index (χ1v) is 9.26. The first-order valence-electron chi connectivity index (χ1n) is 9.26. The predicted octanol–water partition coefficient (Wildman–Crippen LogP) is 3.83. The molecule has 28 heavy (non-hydrogen) atoms. The predicted molar refractivity (Wildman–Crippen MR) is 116 cm³/mol. The van der Waals surface area contributed by atoms with E-state index in [1.54, 1.807) is 7.11 Å². The number of aryl methyl sites for hydroxylation is 4. The molecule has 2 aromatic rings. The number of ether oxygens (including phenoxy) is 3. The van der Waals surface area contributed by atoms with Crippen molar-refractivity contribution in [3.05, 3.63) is 70.8 Å². The minimum absolute atomic E-state index is 0.242. The molecule has 0 aliphatic heterocycles. The highest BCUT2D eigenvalue weighted by Crippen LogP contribution is 2.00. The van der Waals surface area contributed by atoms with Crippen molar-refractivity contribution in [1.29, 1.82) is 0 Å². The highest BCUT2D eigenvalue weighted by atomic mass is 16.6. The monoisotopic (exact) mass is 394 g/mol. The van der Waals surface area contributed by atoms with E-state index in [1.807, 2.05) is 0 Å². The maximum Gasteiger partial charge on any atom is 0.143 e. The summed E-state index contributed by atoms with van der Waals surface area (Å²) in [6.07, 6.45) is 0. The number of aliphatic hydroxyl groups excluding tert-OH is 2. The van der Waals surface area contributed by atoms with Crippen LogP contribution in [0.5, 0.6) is 0 Å². The highest BCUT2D eigenvalue weighted by Gasteiger charge is 1.86. The molecule has 0 aromatic heterocycles. The Morgan fingerprint density at radius 2 is 0.857 bits per heavy atom. The molecule has 5 nitrogen and oxygen atoms in total. The van der Waals surface area contributed by atoms with Crippen molar-refractivity contribution in [1.82, 2.24) is 0 Å². The van der Waals surface area contributed by atoms with Gasteiger partial charge in [0.25, 0.3) is 0 Å². The molecule has 0 aliphatic carbocycles. The third kappa shape index (κ3) is 20.6. The van der Waals surface area contributed by atoms with Crippen molar-refractivity contribution in [3.63, 3.8) is 0 Å². The second-order valence-electron chi connectivity index (χ2n) is 5.95. The quantitative estimate of drug-likeness (QED) is 0.552. The Bertz CT molecular complexity index is 444. The van der Waals surface area contributed by atoms with E-state index in [2.05, 4.69) is 81.0 Å². The molecule has 0 atom stereocenters. The number of hydrogen-bond acceptors (Lipinski definition) is 5. The molecule has 0 bridgehead atoms. The van der Waals surface area contributed by atoms with E-state index in [0.29, 0.717) is 26.4 Å². The average molecular weight is 395 g/mol. The summed E-state index contributed by atoms with van der Waals surface area (Å²) in [5.41, 5.74) is 5.32. The number of aliphatic hydroxyl groups is 2. The molecule has 0 fully saturated rings. The Labute approximate surface area is 170 Å². The van der Waals surface area contributed by atoms with Crippen LogP contribution < -0.4 is 0 Å². The van der Waals surface area contributed by atoms with Crippen LogP contribution in [0.15, 0.2) is 48.5 Å². The molecule has 0 radical (unpaired) electrons. The third-order valence-corrected chi connectivity index (χ3v) is 3.33. The van der Waals surface area contributed by atoms with E-state index >= 15 is 0 Å². The number of methoxy groups -OCH3 is 1. The van der Waals surface area contributed by atoms with Gasteiger partial charge in [-0.25, -0.2) is 0 Å². The molecule has 0 saturated carbocycles. The molecule has 2 rings (SSSR count). The van der Waals surface area contributed by atoms with E-state index in [4.69, 9.17) is 19.7 Å². The molecular weight excluding hydrogens is 356 g/mol. The van der Waals surface area contributed by atoms with Gasteiger partial charge in [-0.3, -0.25) is 0 Å². The van der Waals surface area contributed by atoms with Gasteiger partial charge in [0.05, 0.1) is 26.4 Å². The lowest BCUT2D eigenvalue weighted by molar-refractivity contribution is -0.0344. The van der Waals surface area contributed by atoms with Gasteiger partial charge in [-0.15, -0.1) is 0 Å². The lowest BCUT2D eigenvalue weighted by Crippen LogP contribution is -2.08. The van der Waals surface area contributed by atoms with Crippen molar-refractivity contribution in [2.75, 3.05) is 47.4 Å². The molecule has 2 N–H and O–H groups in total. The van der Waals surface area contributed by atoms with Crippen LogP contribution in [0.4, 0.5) is 0 Å². The van der Waals surface area contributed by atoms with E-state index in [0.717, 1.165) is 7.11 Å². The zero-order valence-corrected chi connectivity index (χ0v) is 18.3. The highest BCUT2D eigenvalue weighted by molar-refractivity contribution is 5.20. The maximum absolute atomic E-state index is 8.17. The van der Waals surface area contributed by atoms with Gasteiger partial charge in [0.1, 0.15) is 6.79 Å². The van der Waals surface area contributed by atoms with E-state index in [1.165, 1.54) is 22.3 Å². The van der Waals surface area contributed by atoms with Gasteiger partial charge >= 0.3 is 0 Å². The number of rotatable bonds is 7. The third-order valence-electron chi connectivity index (χ3n) is 3.33. The first kappa shape index (κ1) is 28.4. The van der Waals surface area contributed by atoms with E-state index < -0.39 is 0 Å². The van der Waals surface area contributed by atoms with Crippen LogP contribution in [0.25, 0.3) is 0 Å². The van der Waals surface area contributed by atoms with Gasteiger partial charge in [0.2, 0.25) is 0 Å². The fourth-order valence-electron chi connectivity index (χ4n) is 1.70. The standard InChI is InChI=1S/2C8H10.C6H14O4.CH4O/c2*1-7-3-5-8(2)6-4-7;1-8-2-3-9-4-5-10-6-7;1-2/h2*3-6H,1-2H3;7H,2-6H2,1H3;2H,1H3. The van der Waals surface area contributed by atoms with Crippen LogP contribution in [0.1, 0.15) is 22.3 Å². The van der Waals surface area contributed by atoms with E-state index in [9.17, 15) is 0 Å². The molecule has 2 aromatic carbocycles. The van der Waals surface area contributed by atoms with Crippen molar-refractivity contribution < 1.29 is 24.4 Å². The van der Waals surface area contributed by atoms with E-state index in [-0.39, 0.29) is 6.79 Å². The lowest BCUT2D eigenvalue weighted by atomic mass is 10.2. The van der Waals surface area contributed by atoms with Crippen molar-refractivity contribution in [2.45, 2.75) is 27.7 Å². The summed E-state index contributed by atoms with van der Waals surface area (Å²) in [5.74, 6) is 0. The van der Waals surface area contributed by atoms with Crippen LogP contribution in [-0.4, -0.2) is 57.7 Å². The van der Waals surface area contributed by atoms with Gasteiger partial charge in [0.15, 0.2) is 0 Å². The Balaban J connectivity index is 0. The van der Waals surface area contributed by atoms with Crippen LogP contribution >= 0.6 is 0 Å². The Hall–Kier alpha value is -1.76. The molecule has 5 heteroatoms. The fraction of sp³-hybridized carbons (Fsp3) is 0.478. The topological polar surface area (TPSA) is 68.2 Å². The summed E-state index contributed by atoms with van der Waals surface area (Å²) >= 11 is 0. The van der Waals surface area contributed by atoms with Crippen LogP contribution in [-0.2, 0) is 14.2 Å². The lowest BCUT2D eigenvalue weighted by Gasteiger charge is -2.01. The smallest absolute Gasteiger partial charge is 0.143 e. The normalized spacial score (nSPS) is 9.14. The first-order chi connectivity index (χ1) is 13.5. The average Bonchev–Trinajstić information content (AvgIpc) is 2.72. The summed E-state index contributed by atoms with van der Waals surface area (Å²) < 4.78 is 14.4. The minimum atomic E-state index is -0.242.